The summed E-state index contributed by atoms with van der Waals surface area (Å²) in [5, 5.41) is 22.3. The normalized spacial score (nSPS) is 16.4. The van der Waals surface area contributed by atoms with Crippen molar-refractivity contribution in [1.82, 2.24) is 10.1 Å². The number of nitrogens with zero attached hydrogens (tertiary/aromatic N) is 2. The Hall–Kier alpha value is -1.72. The summed E-state index contributed by atoms with van der Waals surface area (Å²) in [6, 6.07) is 4.53. The molecular formula is C11H7IN2O6. The van der Waals surface area contributed by atoms with Crippen molar-refractivity contribution < 1.29 is 27.3 Å². The van der Waals surface area contributed by atoms with Crippen molar-refractivity contribution in [2.75, 3.05) is 0 Å². The van der Waals surface area contributed by atoms with E-state index < -0.39 is 18.2 Å². The largest absolute Gasteiger partial charge is 0.438 e. The molecule has 0 saturated heterocycles. The van der Waals surface area contributed by atoms with Crippen LogP contribution < -0.4 is 7.80 Å². The molecule has 0 spiro atoms. The van der Waals surface area contributed by atoms with Gasteiger partial charge < -0.3 is 22.5 Å². The molecule has 2 heterocycles. The lowest BCUT2D eigenvalue weighted by Gasteiger charge is -2.27. The molecule has 0 atom stereocenters. The molecule has 1 aliphatic heterocycles. The lowest BCUT2D eigenvalue weighted by atomic mass is 10.0. The molecule has 0 fully saturated rings. The van der Waals surface area contributed by atoms with Crippen molar-refractivity contribution in [2.45, 2.75) is 12.4 Å². The predicted octanol–water partition coefficient (Wildman–Crippen LogP) is 1.07. The number of benzene rings is 1. The van der Waals surface area contributed by atoms with Crippen molar-refractivity contribution in [2.24, 2.45) is 0 Å². The molecule has 0 aliphatic carbocycles. The Morgan fingerprint density at radius 1 is 1.40 bits per heavy atom. The molecule has 0 unspecified atom stereocenters. The van der Waals surface area contributed by atoms with Crippen LogP contribution in [0.25, 0.3) is 11.5 Å². The Bertz CT molecular complexity index is 683. The first kappa shape index (κ1) is 13.3. The van der Waals surface area contributed by atoms with Crippen molar-refractivity contribution >= 4 is 28.8 Å². The van der Waals surface area contributed by atoms with Crippen molar-refractivity contribution in [3.63, 3.8) is 0 Å². The van der Waals surface area contributed by atoms with Gasteiger partial charge in [0.1, 0.15) is 12.2 Å². The van der Waals surface area contributed by atoms with E-state index in [2.05, 4.69) is 10.1 Å². The number of aliphatic hydroxyl groups is 2. The maximum atomic E-state index is 11.9. The fourth-order valence-electron chi connectivity index (χ4n) is 1.85. The van der Waals surface area contributed by atoms with Gasteiger partial charge in [0, 0.05) is 5.56 Å². The highest BCUT2D eigenvalue weighted by molar-refractivity contribution is 14.1. The molecule has 2 aromatic rings. The second kappa shape index (κ2) is 4.68. The number of halogens is 1. The molecule has 1 aromatic heterocycles. The van der Waals surface area contributed by atoms with Gasteiger partial charge in [-0.05, 0) is 23.4 Å². The third-order valence-corrected chi connectivity index (χ3v) is 3.06. The fourth-order valence-corrected chi connectivity index (χ4v) is 2.02. The smallest absolute Gasteiger partial charge is 0.364 e. The minimum absolute atomic E-state index is 0.0608. The lowest BCUT2D eigenvalue weighted by molar-refractivity contribution is -0.290. The number of ketones is 1. The summed E-state index contributed by atoms with van der Waals surface area (Å²) in [6.45, 7) is 0. The van der Waals surface area contributed by atoms with Crippen LogP contribution in [0.3, 0.4) is 0 Å². The highest BCUT2D eigenvalue weighted by atomic mass is 127. The maximum Gasteiger partial charge on any atom is 0.364 e. The lowest BCUT2D eigenvalue weighted by Crippen LogP contribution is -2.41. The second-order valence-corrected chi connectivity index (χ2v) is 4.56. The first-order valence-electron chi connectivity index (χ1n) is 5.42. The molecular weight excluding hydrogens is 383 g/mol. The standard InChI is InChI=1S/C11H7IN2O6/c12-19-10-13-9(20-14-10)5-1-2-8-6(3-5)7(15)4-11(16,17)18-8/h1-3,16-17H,4H2. The SMILES string of the molecule is O=C1CC(O)(O)Oc2ccc(-c3nc(OI)no3)cc21. The third kappa shape index (κ3) is 2.34. The van der Waals surface area contributed by atoms with E-state index in [1.807, 2.05) is 0 Å². The number of ether oxygens (including phenoxy) is 1. The van der Waals surface area contributed by atoms with Crippen LogP contribution in [0.5, 0.6) is 11.8 Å². The Morgan fingerprint density at radius 2 is 2.20 bits per heavy atom. The Balaban J connectivity index is 2.01. The zero-order chi connectivity index (χ0) is 14.3. The molecule has 8 nitrogen and oxygen atoms in total. The van der Waals surface area contributed by atoms with E-state index in [1.165, 1.54) is 12.1 Å². The predicted molar refractivity (Wildman–Crippen MR) is 71.1 cm³/mol. The van der Waals surface area contributed by atoms with Crippen LogP contribution >= 0.6 is 23.0 Å². The van der Waals surface area contributed by atoms with Crippen LogP contribution in [0.4, 0.5) is 0 Å². The fraction of sp³-hybridized carbons (Fsp3) is 0.182. The van der Waals surface area contributed by atoms with E-state index in [1.54, 1.807) is 29.1 Å². The summed E-state index contributed by atoms with van der Waals surface area (Å²) in [5.41, 5.74) is 0.715. The Labute approximate surface area is 126 Å². The minimum Gasteiger partial charge on any atom is -0.438 e. The van der Waals surface area contributed by atoms with Crippen molar-refractivity contribution in [1.29, 1.82) is 0 Å². The topological polar surface area (TPSA) is 115 Å². The summed E-state index contributed by atoms with van der Waals surface area (Å²) < 4.78 is 14.6. The quantitative estimate of drug-likeness (QED) is 0.578. The summed E-state index contributed by atoms with van der Waals surface area (Å²) in [7, 11) is 0. The first-order chi connectivity index (χ1) is 9.48. The van der Waals surface area contributed by atoms with Gasteiger partial charge in [-0.25, -0.2) is 0 Å². The van der Waals surface area contributed by atoms with E-state index in [0.29, 0.717) is 5.56 Å². The van der Waals surface area contributed by atoms with E-state index in [9.17, 15) is 15.0 Å². The molecule has 3 rings (SSSR count). The van der Waals surface area contributed by atoms with E-state index in [-0.39, 0.29) is 23.2 Å². The first-order valence-corrected chi connectivity index (χ1v) is 6.30. The number of fused-ring (bicyclic) bond motifs is 1. The molecule has 0 bridgehead atoms. The van der Waals surface area contributed by atoms with Crippen LogP contribution in [0.15, 0.2) is 22.7 Å². The van der Waals surface area contributed by atoms with E-state index in [4.69, 9.17) is 12.3 Å². The van der Waals surface area contributed by atoms with Gasteiger partial charge in [-0.15, -0.1) is 0 Å². The minimum atomic E-state index is -2.47. The van der Waals surface area contributed by atoms with Gasteiger partial charge >= 0.3 is 12.0 Å². The summed E-state index contributed by atoms with van der Waals surface area (Å²) in [5.74, 6) is -2.67. The van der Waals surface area contributed by atoms with Crippen LogP contribution in [0.2, 0.25) is 0 Å². The highest BCUT2D eigenvalue weighted by Crippen LogP contribution is 2.34. The van der Waals surface area contributed by atoms with Crippen LogP contribution in [0, 0.1) is 0 Å². The van der Waals surface area contributed by atoms with Gasteiger partial charge in [0.05, 0.1) is 5.56 Å². The molecule has 0 amide bonds. The Morgan fingerprint density at radius 3 is 2.90 bits per heavy atom. The van der Waals surface area contributed by atoms with E-state index in [0.717, 1.165) is 0 Å². The summed E-state index contributed by atoms with van der Waals surface area (Å²) in [6.07, 6.45) is -0.546. The van der Waals surface area contributed by atoms with Crippen LogP contribution in [-0.4, -0.2) is 32.1 Å². The van der Waals surface area contributed by atoms with Gasteiger partial charge in [-0.1, -0.05) is 0 Å². The number of carbonyl (C=O) groups excluding carboxylic acids is 1. The average Bonchev–Trinajstić information content (AvgIpc) is 2.86. The van der Waals surface area contributed by atoms with Crippen LogP contribution in [-0.2, 0) is 0 Å². The zero-order valence-electron chi connectivity index (χ0n) is 9.74. The number of hydrogen-bond donors (Lipinski definition) is 2. The number of aromatic nitrogens is 2. The number of Topliss-reactive ketones (excluding diaryl/α,β-unsaturated/α-hetero) is 1. The maximum absolute atomic E-state index is 11.9. The van der Waals surface area contributed by atoms with E-state index >= 15 is 0 Å². The Kier molecular flexibility index (Phi) is 3.11. The third-order valence-electron chi connectivity index (χ3n) is 2.67. The van der Waals surface area contributed by atoms with Gasteiger partial charge in [-0.2, -0.15) is 4.98 Å². The monoisotopic (exact) mass is 390 g/mol. The van der Waals surface area contributed by atoms with Crippen molar-refractivity contribution in [3.05, 3.63) is 23.8 Å². The van der Waals surface area contributed by atoms with Crippen molar-refractivity contribution in [3.8, 4) is 23.2 Å². The highest BCUT2D eigenvalue weighted by Gasteiger charge is 2.37. The summed E-state index contributed by atoms with van der Waals surface area (Å²) >= 11 is 1.61. The summed E-state index contributed by atoms with van der Waals surface area (Å²) in [4.78, 5) is 15.8. The molecule has 1 aliphatic rings. The molecule has 9 heteroatoms. The van der Waals surface area contributed by atoms with Gasteiger partial charge in [0.15, 0.2) is 28.8 Å². The van der Waals surface area contributed by atoms with Gasteiger partial charge in [0.2, 0.25) is 0 Å². The molecule has 20 heavy (non-hydrogen) atoms. The number of rotatable bonds is 2. The average molecular weight is 390 g/mol. The number of carbonyl (C=O) groups is 1. The molecule has 104 valence electrons. The van der Waals surface area contributed by atoms with Gasteiger partial charge in [-0.3, -0.25) is 4.79 Å². The van der Waals surface area contributed by atoms with Crippen LogP contribution in [0.1, 0.15) is 16.8 Å². The van der Waals surface area contributed by atoms with Gasteiger partial charge in [0.25, 0.3) is 5.89 Å². The molecule has 2 N–H and O–H groups in total. The molecule has 1 aromatic carbocycles. The molecule has 0 saturated carbocycles. The molecule has 0 radical (unpaired) electrons. The zero-order valence-corrected chi connectivity index (χ0v) is 11.9. The second-order valence-electron chi connectivity index (χ2n) is 4.12. The number of hydrogen-bond acceptors (Lipinski definition) is 8.